The fourth-order valence-electron chi connectivity index (χ4n) is 3.69. The minimum absolute atomic E-state index is 0. The van der Waals surface area contributed by atoms with Gasteiger partial charge in [-0.25, -0.2) is 0 Å². The number of likely N-dealkylation sites (tertiary alicyclic amines) is 1. The number of hydrogen-bond acceptors (Lipinski definition) is 3. The molecule has 0 N–H and O–H groups in total. The molecule has 0 amide bonds. The molecule has 2 heterocycles. The Kier molecular flexibility index (Phi) is 5.15. The Labute approximate surface area is 156 Å². The first-order chi connectivity index (χ1) is 11.2. The van der Waals surface area contributed by atoms with E-state index in [0.29, 0.717) is 11.8 Å². The van der Waals surface area contributed by atoms with Crippen LogP contribution in [0.25, 0.3) is 0 Å². The number of benzene rings is 2. The Morgan fingerprint density at radius 1 is 1.17 bits per heavy atom. The summed E-state index contributed by atoms with van der Waals surface area (Å²) in [7, 11) is 0. The predicted octanol–water partition coefficient (Wildman–Crippen LogP) is 4.35. The summed E-state index contributed by atoms with van der Waals surface area (Å²) in [6, 6.07) is 16.6. The zero-order valence-electron chi connectivity index (χ0n) is 13.1. The van der Waals surface area contributed by atoms with Crippen LogP contribution in [0.1, 0.15) is 22.6 Å². The van der Waals surface area contributed by atoms with Gasteiger partial charge in [0.05, 0.1) is 18.2 Å². The van der Waals surface area contributed by atoms with Crippen molar-refractivity contribution < 1.29 is 4.74 Å². The van der Waals surface area contributed by atoms with Crippen LogP contribution >= 0.6 is 28.3 Å². The fraction of sp³-hybridized carbons (Fsp3) is 0.316. The quantitative estimate of drug-likeness (QED) is 0.745. The molecule has 2 aliphatic rings. The normalized spacial score (nSPS) is 21.8. The molecule has 24 heavy (non-hydrogen) atoms. The molecule has 0 aliphatic carbocycles. The summed E-state index contributed by atoms with van der Waals surface area (Å²) in [5, 5.41) is 9.14. The highest BCUT2D eigenvalue weighted by Gasteiger charge is 2.38. The average Bonchev–Trinajstić information content (AvgIpc) is 2.99. The van der Waals surface area contributed by atoms with Crippen molar-refractivity contribution in [2.45, 2.75) is 12.5 Å². The van der Waals surface area contributed by atoms with E-state index in [1.54, 1.807) is 0 Å². The fourth-order valence-corrected chi connectivity index (χ4v) is 3.96. The van der Waals surface area contributed by atoms with Crippen LogP contribution in [0.15, 0.2) is 46.9 Å². The molecule has 2 aromatic rings. The number of hydrogen-bond donors (Lipinski definition) is 0. The van der Waals surface area contributed by atoms with Crippen LogP contribution < -0.4 is 4.74 Å². The third-order valence-corrected chi connectivity index (χ3v) is 5.36. The van der Waals surface area contributed by atoms with E-state index in [-0.39, 0.29) is 12.4 Å². The van der Waals surface area contributed by atoms with Crippen molar-refractivity contribution in [2.24, 2.45) is 5.92 Å². The molecule has 2 aliphatic heterocycles. The first-order valence-corrected chi connectivity index (χ1v) is 8.66. The maximum absolute atomic E-state index is 9.14. The van der Waals surface area contributed by atoms with Crippen molar-refractivity contribution in [1.29, 1.82) is 5.26 Å². The van der Waals surface area contributed by atoms with Crippen LogP contribution in [-0.2, 0) is 6.54 Å². The van der Waals surface area contributed by atoms with Crippen LogP contribution in [0.3, 0.4) is 0 Å². The largest absolute Gasteiger partial charge is 0.493 e. The summed E-state index contributed by atoms with van der Waals surface area (Å²) in [5.74, 6) is 1.95. The monoisotopic (exact) mass is 404 g/mol. The van der Waals surface area contributed by atoms with Crippen molar-refractivity contribution >= 4 is 28.3 Å². The van der Waals surface area contributed by atoms with Crippen LogP contribution in [-0.4, -0.2) is 24.6 Å². The van der Waals surface area contributed by atoms with E-state index >= 15 is 0 Å². The van der Waals surface area contributed by atoms with Gasteiger partial charge in [0.25, 0.3) is 0 Å². The van der Waals surface area contributed by atoms with Gasteiger partial charge in [-0.15, -0.1) is 12.4 Å². The predicted molar refractivity (Wildman–Crippen MR) is 99.6 cm³/mol. The first-order valence-electron chi connectivity index (χ1n) is 7.86. The maximum atomic E-state index is 9.14. The number of nitrogens with zero attached hydrogens (tertiary/aromatic N) is 2. The van der Waals surface area contributed by atoms with Crippen molar-refractivity contribution in [3.63, 3.8) is 0 Å². The Hall–Kier alpha value is -1.54. The highest BCUT2D eigenvalue weighted by atomic mass is 79.9. The van der Waals surface area contributed by atoms with Crippen molar-refractivity contribution in [3.05, 3.63) is 63.6 Å². The van der Waals surface area contributed by atoms with Gasteiger partial charge in [-0.05, 0) is 35.9 Å². The standard InChI is InChI=1S/C19H17BrN2O.ClH/c20-16-4-1-13(2-5-16)9-22-10-15-12-23-19-6-3-14(8-21)7-17(19)18(15)11-22;/h1-7,15,18H,9-12H2;1H/t15-,18+;/m1./s1. The lowest BCUT2D eigenvalue weighted by Gasteiger charge is -2.27. The summed E-state index contributed by atoms with van der Waals surface area (Å²) in [4.78, 5) is 2.50. The van der Waals surface area contributed by atoms with E-state index in [1.165, 1.54) is 11.1 Å². The Morgan fingerprint density at radius 2 is 1.96 bits per heavy atom. The van der Waals surface area contributed by atoms with E-state index in [9.17, 15) is 0 Å². The topological polar surface area (TPSA) is 36.3 Å². The molecule has 0 radical (unpaired) electrons. The zero-order chi connectivity index (χ0) is 15.8. The van der Waals surface area contributed by atoms with Crippen LogP contribution in [0.5, 0.6) is 5.75 Å². The van der Waals surface area contributed by atoms with E-state index in [4.69, 9.17) is 10.00 Å². The third kappa shape index (κ3) is 3.30. The van der Waals surface area contributed by atoms with E-state index in [2.05, 4.69) is 51.2 Å². The molecule has 4 rings (SSSR count). The second-order valence-corrected chi connectivity index (χ2v) is 7.28. The summed E-state index contributed by atoms with van der Waals surface area (Å²) in [5.41, 5.74) is 3.26. The molecule has 5 heteroatoms. The first kappa shape index (κ1) is 17.3. The molecule has 3 nitrogen and oxygen atoms in total. The maximum Gasteiger partial charge on any atom is 0.122 e. The third-order valence-electron chi connectivity index (χ3n) is 4.83. The van der Waals surface area contributed by atoms with Gasteiger partial charge in [0.1, 0.15) is 5.75 Å². The van der Waals surface area contributed by atoms with Crippen molar-refractivity contribution in [3.8, 4) is 11.8 Å². The Morgan fingerprint density at radius 3 is 2.71 bits per heavy atom. The molecule has 1 saturated heterocycles. The zero-order valence-corrected chi connectivity index (χ0v) is 15.5. The molecular formula is C19H18BrClN2O. The number of halogens is 2. The van der Waals surface area contributed by atoms with Gasteiger partial charge >= 0.3 is 0 Å². The molecule has 124 valence electrons. The van der Waals surface area contributed by atoms with E-state index < -0.39 is 0 Å². The van der Waals surface area contributed by atoms with Gasteiger partial charge < -0.3 is 4.74 Å². The molecule has 0 bridgehead atoms. The number of fused-ring (bicyclic) bond motifs is 3. The lowest BCUT2D eigenvalue weighted by Crippen LogP contribution is -2.25. The lowest BCUT2D eigenvalue weighted by molar-refractivity contribution is 0.212. The van der Waals surface area contributed by atoms with Gasteiger partial charge in [0.15, 0.2) is 0 Å². The van der Waals surface area contributed by atoms with Gasteiger partial charge in [-0.3, -0.25) is 4.90 Å². The van der Waals surface area contributed by atoms with Gasteiger partial charge in [-0.1, -0.05) is 28.1 Å². The lowest BCUT2D eigenvalue weighted by atomic mass is 9.86. The SMILES string of the molecule is Cl.N#Cc1ccc2c(c1)[C@H]1CN(Cc3ccc(Br)cc3)C[C@@H]1CO2. The van der Waals surface area contributed by atoms with E-state index in [1.807, 2.05) is 18.2 Å². The second kappa shape index (κ2) is 7.14. The highest BCUT2D eigenvalue weighted by Crippen LogP contribution is 2.42. The van der Waals surface area contributed by atoms with Gasteiger partial charge in [0.2, 0.25) is 0 Å². The van der Waals surface area contributed by atoms with Gasteiger partial charge in [0, 0.05) is 41.5 Å². The van der Waals surface area contributed by atoms with Crippen LogP contribution in [0.4, 0.5) is 0 Å². The van der Waals surface area contributed by atoms with E-state index in [0.717, 1.165) is 42.0 Å². The summed E-state index contributed by atoms with van der Waals surface area (Å²) in [6.07, 6.45) is 0. The number of rotatable bonds is 2. The molecule has 2 aromatic carbocycles. The smallest absolute Gasteiger partial charge is 0.122 e. The Bertz CT molecular complexity index is 772. The Balaban J connectivity index is 0.00000169. The molecule has 0 unspecified atom stereocenters. The molecule has 0 aromatic heterocycles. The summed E-state index contributed by atoms with van der Waals surface area (Å²) < 4.78 is 7.02. The highest BCUT2D eigenvalue weighted by molar-refractivity contribution is 9.10. The average molecular weight is 406 g/mol. The molecule has 1 fully saturated rings. The second-order valence-electron chi connectivity index (χ2n) is 6.36. The minimum Gasteiger partial charge on any atom is -0.493 e. The van der Waals surface area contributed by atoms with Crippen LogP contribution in [0, 0.1) is 17.2 Å². The summed E-state index contributed by atoms with van der Waals surface area (Å²) >= 11 is 3.48. The van der Waals surface area contributed by atoms with Gasteiger partial charge in [-0.2, -0.15) is 5.26 Å². The summed E-state index contributed by atoms with van der Waals surface area (Å²) in [6.45, 7) is 3.83. The molecule has 0 spiro atoms. The van der Waals surface area contributed by atoms with Crippen molar-refractivity contribution in [2.75, 3.05) is 19.7 Å². The number of nitriles is 1. The molecular weight excluding hydrogens is 388 g/mol. The molecule has 2 atom stereocenters. The number of ether oxygens (including phenoxy) is 1. The van der Waals surface area contributed by atoms with Crippen LogP contribution in [0.2, 0.25) is 0 Å². The van der Waals surface area contributed by atoms with Crippen molar-refractivity contribution in [1.82, 2.24) is 4.90 Å². The minimum atomic E-state index is 0. The molecule has 0 saturated carbocycles.